The van der Waals surface area contributed by atoms with Gasteiger partial charge in [0, 0.05) is 11.1 Å². The minimum Gasteiger partial charge on any atom is -0.298 e. The molecule has 0 amide bonds. The average molecular weight is 253 g/mol. The molecule has 0 heterocycles. The summed E-state index contributed by atoms with van der Waals surface area (Å²) in [7, 11) is 0. The molecule has 2 aromatic rings. The lowest BCUT2D eigenvalue weighted by atomic mass is 10.0. The molecule has 0 saturated heterocycles. The van der Waals surface area contributed by atoms with Crippen molar-refractivity contribution in [2.45, 2.75) is 0 Å². The van der Waals surface area contributed by atoms with E-state index in [2.05, 4.69) is 0 Å². The molecule has 4 heteroatoms. The summed E-state index contributed by atoms with van der Waals surface area (Å²) in [5.74, 6) is -1.94. The Morgan fingerprint density at radius 1 is 1.00 bits per heavy atom. The van der Waals surface area contributed by atoms with Crippen LogP contribution in [0.15, 0.2) is 36.4 Å². The van der Waals surface area contributed by atoms with Crippen molar-refractivity contribution in [1.29, 1.82) is 0 Å². The minimum atomic E-state index is -0.983. The summed E-state index contributed by atoms with van der Waals surface area (Å²) in [5, 5.41) is 0.128. The van der Waals surface area contributed by atoms with Crippen LogP contribution < -0.4 is 0 Å². The molecule has 0 saturated carbocycles. The Morgan fingerprint density at radius 2 is 1.59 bits per heavy atom. The van der Waals surface area contributed by atoms with Crippen molar-refractivity contribution >= 4 is 17.9 Å². The number of rotatable bonds is 2. The second kappa shape index (κ2) is 4.63. The topological polar surface area (TPSA) is 17.1 Å². The second-order valence-corrected chi connectivity index (χ2v) is 3.89. The van der Waals surface area contributed by atoms with Crippen LogP contribution in [0.1, 0.15) is 10.4 Å². The maximum absolute atomic E-state index is 13.1. The van der Waals surface area contributed by atoms with Gasteiger partial charge in [-0.2, -0.15) is 0 Å². The number of halogens is 3. The highest BCUT2D eigenvalue weighted by atomic mass is 35.5. The fourth-order valence-electron chi connectivity index (χ4n) is 1.49. The van der Waals surface area contributed by atoms with Gasteiger partial charge in [0.15, 0.2) is 11.6 Å². The standard InChI is InChI=1S/C13H7ClF2O/c14-11-6-13(16)12(15)5-10(11)9-3-1-8(7-17)2-4-9/h1-7H. The predicted molar refractivity (Wildman–Crippen MR) is 62.2 cm³/mol. The number of hydrogen-bond acceptors (Lipinski definition) is 1. The van der Waals surface area contributed by atoms with Crippen LogP contribution in [0.5, 0.6) is 0 Å². The molecule has 0 fully saturated rings. The minimum absolute atomic E-state index is 0.128. The van der Waals surface area contributed by atoms with Crippen LogP contribution >= 0.6 is 11.6 Å². The summed E-state index contributed by atoms with van der Waals surface area (Å²) in [6.45, 7) is 0. The summed E-state index contributed by atoms with van der Waals surface area (Å²) in [4.78, 5) is 10.5. The van der Waals surface area contributed by atoms with Gasteiger partial charge in [0.05, 0.1) is 5.02 Å². The highest BCUT2D eigenvalue weighted by Crippen LogP contribution is 2.29. The lowest BCUT2D eigenvalue weighted by Gasteiger charge is -2.05. The molecule has 0 radical (unpaired) electrons. The Kier molecular flexibility index (Phi) is 3.20. The van der Waals surface area contributed by atoms with Gasteiger partial charge < -0.3 is 0 Å². The first-order valence-electron chi connectivity index (χ1n) is 4.82. The first kappa shape index (κ1) is 11.7. The molecule has 0 aliphatic carbocycles. The van der Waals surface area contributed by atoms with Gasteiger partial charge in [-0.1, -0.05) is 35.9 Å². The Labute approximate surface area is 102 Å². The SMILES string of the molecule is O=Cc1ccc(-c2cc(F)c(F)cc2Cl)cc1. The average Bonchev–Trinajstić information content (AvgIpc) is 2.34. The van der Waals surface area contributed by atoms with Crippen molar-refractivity contribution in [2.75, 3.05) is 0 Å². The van der Waals surface area contributed by atoms with E-state index in [1.165, 1.54) is 0 Å². The van der Waals surface area contributed by atoms with E-state index >= 15 is 0 Å². The molecule has 0 aliphatic rings. The van der Waals surface area contributed by atoms with E-state index in [9.17, 15) is 13.6 Å². The zero-order chi connectivity index (χ0) is 12.4. The third kappa shape index (κ3) is 2.34. The van der Waals surface area contributed by atoms with E-state index in [1.807, 2.05) is 0 Å². The van der Waals surface area contributed by atoms with Crippen molar-refractivity contribution in [1.82, 2.24) is 0 Å². The van der Waals surface area contributed by atoms with Crippen LogP contribution in [-0.4, -0.2) is 6.29 Å². The van der Waals surface area contributed by atoms with Crippen molar-refractivity contribution in [3.8, 4) is 11.1 Å². The van der Waals surface area contributed by atoms with Gasteiger partial charge in [0.1, 0.15) is 6.29 Å². The van der Waals surface area contributed by atoms with Crippen molar-refractivity contribution in [3.63, 3.8) is 0 Å². The van der Waals surface area contributed by atoms with Crippen molar-refractivity contribution in [3.05, 3.63) is 58.6 Å². The Morgan fingerprint density at radius 3 is 2.18 bits per heavy atom. The fraction of sp³-hybridized carbons (Fsp3) is 0. The summed E-state index contributed by atoms with van der Waals surface area (Å²) in [6.07, 6.45) is 0.705. The summed E-state index contributed by atoms with van der Waals surface area (Å²) >= 11 is 5.83. The number of benzene rings is 2. The third-order valence-corrected chi connectivity index (χ3v) is 2.68. The van der Waals surface area contributed by atoms with E-state index in [4.69, 9.17) is 11.6 Å². The zero-order valence-electron chi connectivity index (χ0n) is 8.58. The largest absolute Gasteiger partial charge is 0.298 e. The Hall–Kier alpha value is -1.74. The number of carbonyl (C=O) groups is 1. The van der Waals surface area contributed by atoms with Crippen LogP contribution in [0.25, 0.3) is 11.1 Å². The van der Waals surface area contributed by atoms with Crippen LogP contribution in [0.2, 0.25) is 5.02 Å². The predicted octanol–water partition coefficient (Wildman–Crippen LogP) is 4.10. The van der Waals surface area contributed by atoms with Crippen molar-refractivity contribution in [2.24, 2.45) is 0 Å². The van der Waals surface area contributed by atoms with Gasteiger partial charge >= 0.3 is 0 Å². The van der Waals surface area contributed by atoms with Gasteiger partial charge in [0.25, 0.3) is 0 Å². The molecule has 0 aromatic heterocycles. The molecular weight excluding hydrogens is 246 g/mol. The Balaban J connectivity index is 2.52. The monoisotopic (exact) mass is 252 g/mol. The van der Waals surface area contributed by atoms with Crippen molar-refractivity contribution < 1.29 is 13.6 Å². The van der Waals surface area contributed by atoms with Crippen LogP contribution in [0, 0.1) is 11.6 Å². The smallest absolute Gasteiger partial charge is 0.160 e. The molecule has 17 heavy (non-hydrogen) atoms. The molecule has 0 bridgehead atoms. The van der Waals surface area contributed by atoms with E-state index in [-0.39, 0.29) is 5.02 Å². The van der Waals surface area contributed by atoms with E-state index in [0.29, 0.717) is 23.0 Å². The molecule has 2 aromatic carbocycles. The van der Waals surface area contributed by atoms with E-state index in [1.54, 1.807) is 24.3 Å². The summed E-state index contributed by atoms with van der Waals surface area (Å²) in [6, 6.07) is 8.39. The first-order chi connectivity index (χ1) is 8.11. The van der Waals surface area contributed by atoms with Gasteiger partial charge in [-0.25, -0.2) is 8.78 Å². The molecular formula is C13H7ClF2O. The maximum atomic E-state index is 13.1. The lowest BCUT2D eigenvalue weighted by Crippen LogP contribution is -1.88. The van der Waals surface area contributed by atoms with Crippen LogP contribution in [-0.2, 0) is 0 Å². The maximum Gasteiger partial charge on any atom is 0.160 e. The normalized spacial score (nSPS) is 10.3. The summed E-state index contributed by atoms with van der Waals surface area (Å²) in [5.41, 5.74) is 1.52. The molecule has 0 N–H and O–H groups in total. The lowest BCUT2D eigenvalue weighted by molar-refractivity contribution is 0.112. The highest BCUT2D eigenvalue weighted by Gasteiger charge is 2.09. The van der Waals surface area contributed by atoms with Crippen LogP contribution in [0.3, 0.4) is 0 Å². The molecule has 0 atom stereocenters. The van der Waals surface area contributed by atoms with Gasteiger partial charge in [0.2, 0.25) is 0 Å². The molecule has 2 rings (SSSR count). The molecule has 1 nitrogen and oxygen atoms in total. The highest BCUT2D eigenvalue weighted by molar-refractivity contribution is 6.33. The second-order valence-electron chi connectivity index (χ2n) is 3.49. The van der Waals surface area contributed by atoms with Gasteiger partial charge in [-0.15, -0.1) is 0 Å². The number of carbonyl (C=O) groups excluding carboxylic acids is 1. The first-order valence-corrected chi connectivity index (χ1v) is 5.20. The molecule has 0 unspecified atom stereocenters. The quantitative estimate of drug-likeness (QED) is 0.581. The number of hydrogen-bond donors (Lipinski definition) is 0. The van der Waals surface area contributed by atoms with E-state index < -0.39 is 11.6 Å². The molecule has 0 spiro atoms. The van der Waals surface area contributed by atoms with Crippen LogP contribution in [0.4, 0.5) is 8.78 Å². The summed E-state index contributed by atoms with van der Waals surface area (Å²) < 4.78 is 26.0. The number of aldehydes is 1. The Bertz CT molecular complexity index is 564. The van der Waals surface area contributed by atoms with E-state index in [0.717, 1.165) is 12.1 Å². The fourth-order valence-corrected chi connectivity index (χ4v) is 1.74. The van der Waals surface area contributed by atoms with Gasteiger partial charge in [-0.05, 0) is 17.7 Å². The zero-order valence-corrected chi connectivity index (χ0v) is 9.34. The molecule has 86 valence electrons. The van der Waals surface area contributed by atoms with Gasteiger partial charge in [-0.3, -0.25) is 4.79 Å². The third-order valence-electron chi connectivity index (χ3n) is 2.37. The molecule has 0 aliphatic heterocycles.